The molecular formula is C73H134N2O21. The van der Waals surface area contributed by atoms with Gasteiger partial charge >= 0.3 is 5.97 Å². The zero-order valence-electron chi connectivity index (χ0n) is 59.0. The lowest BCUT2D eigenvalue weighted by atomic mass is 9.88. The van der Waals surface area contributed by atoms with Gasteiger partial charge in [0.1, 0.15) is 67.1 Å². The first kappa shape index (κ1) is 87.4. The normalized spacial score (nSPS) is 27.7. The van der Waals surface area contributed by atoms with E-state index in [1.54, 1.807) is 6.08 Å². The second-order valence-electron chi connectivity index (χ2n) is 27.5. The van der Waals surface area contributed by atoms with E-state index in [4.69, 9.17) is 28.4 Å². The van der Waals surface area contributed by atoms with Gasteiger partial charge in [-0.3, -0.25) is 9.59 Å². The number of unbranched alkanes of at least 4 members (excludes halogenated alkanes) is 36. The maximum atomic E-state index is 13.5. The highest BCUT2D eigenvalue weighted by Gasteiger charge is 2.60. The van der Waals surface area contributed by atoms with Gasteiger partial charge in [-0.25, -0.2) is 4.79 Å². The first-order valence-electron chi connectivity index (χ1n) is 37.7. The zero-order chi connectivity index (χ0) is 70.4. The highest BCUT2D eigenvalue weighted by atomic mass is 16.8. The monoisotopic (exact) mass is 1370 g/mol. The van der Waals surface area contributed by atoms with Crippen molar-refractivity contribution in [2.24, 2.45) is 0 Å². The Labute approximate surface area is 574 Å². The molecule has 3 aliphatic heterocycles. The molecule has 0 aromatic heterocycles. The molecule has 0 aromatic carbocycles. The molecule has 14 N–H and O–H groups in total. The van der Waals surface area contributed by atoms with Gasteiger partial charge in [-0.15, -0.1) is 0 Å². The van der Waals surface area contributed by atoms with E-state index < -0.39 is 155 Å². The van der Waals surface area contributed by atoms with Crippen LogP contribution in [0.25, 0.3) is 0 Å². The van der Waals surface area contributed by atoms with E-state index in [9.17, 15) is 75.7 Å². The van der Waals surface area contributed by atoms with Crippen molar-refractivity contribution in [1.82, 2.24) is 10.6 Å². The summed E-state index contributed by atoms with van der Waals surface area (Å²) in [5.41, 5.74) is 0. The van der Waals surface area contributed by atoms with Crippen LogP contribution in [0.3, 0.4) is 0 Å². The molecule has 3 aliphatic rings. The summed E-state index contributed by atoms with van der Waals surface area (Å²) >= 11 is 0. The number of carboxylic acids is 1. The fraction of sp³-hybridized carbons (Fsp3) is 0.904. The van der Waals surface area contributed by atoms with E-state index in [0.29, 0.717) is 12.8 Å². The third-order valence-corrected chi connectivity index (χ3v) is 19.1. The van der Waals surface area contributed by atoms with Crippen LogP contribution in [0.5, 0.6) is 0 Å². The average molecular weight is 1380 g/mol. The molecule has 18 unspecified atom stereocenters. The molecule has 3 heterocycles. The van der Waals surface area contributed by atoms with Crippen molar-refractivity contribution >= 4 is 17.8 Å². The molecular weight excluding hydrogens is 1240 g/mol. The van der Waals surface area contributed by atoms with Gasteiger partial charge in [0.15, 0.2) is 12.6 Å². The molecule has 3 saturated heterocycles. The van der Waals surface area contributed by atoms with Crippen LogP contribution in [0, 0.1) is 0 Å². The van der Waals surface area contributed by atoms with Crippen molar-refractivity contribution in [3.63, 3.8) is 0 Å². The number of carbonyl (C=O) groups is 3. The molecule has 0 bridgehead atoms. The van der Waals surface area contributed by atoms with Crippen molar-refractivity contribution in [2.45, 2.75) is 394 Å². The Balaban J connectivity index is 1.52. The molecule has 23 heteroatoms. The molecule has 0 radical (unpaired) electrons. The smallest absolute Gasteiger partial charge is 0.364 e. The number of ether oxygens (including phenoxy) is 6. The summed E-state index contributed by atoms with van der Waals surface area (Å²) in [6, 6.07) is -2.62. The van der Waals surface area contributed by atoms with Crippen LogP contribution < -0.4 is 10.6 Å². The number of carbonyl (C=O) groups excluding carboxylic acids is 2. The minimum Gasteiger partial charge on any atom is -0.477 e. The standard InChI is InChI=1S/C73H134N2O21/c1-4-6-8-10-12-14-16-18-20-21-22-23-24-25-26-27-28-29-30-31-32-33-35-37-39-41-43-45-47-60(83)75-54(55(80)46-44-42-40-38-36-34-19-17-15-13-11-9-7-5-2)52-91-70-65(87)64(86)67(59(51-78)93-70)94-71-66(88)69(63(85)58(50-77)92-71)96-73(72(89)90)48-56(81)61(74-53(3)79)68(95-73)62(84)57(82)49-76/h25-26,44,46,54-59,61-71,76-78,80-82,84-88H,4-24,27-43,45,47-52H2,1-3H3,(H,74,79)(H,75,83)(H,89,90)/b26-25-,46-44+. The van der Waals surface area contributed by atoms with Crippen molar-refractivity contribution in [2.75, 3.05) is 26.4 Å². The number of hydrogen-bond donors (Lipinski definition) is 14. The number of nitrogens with one attached hydrogen (secondary N) is 2. The van der Waals surface area contributed by atoms with Gasteiger partial charge in [-0.1, -0.05) is 244 Å². The molecule has 23 nitrogen and oxygen atoms in total. The van der Waals surface area contributed by atoms with E-state index in [1.807, 2.05) is 6.08 Å². The second-order valence-corrected chi connectivity index (χ2v) is 27.5. The second kappa shape index (κ2) is 53.1. The van der Waals surface area contributed by atoms with Gasteiger partial charge in [0, 0.05) is 19.8 Å². The topological polar surface area (TPSA) is 373 Å². The van der Waals surface area contributed by atoms with Gasteiger partial charge in [0.25, 0.3) is 5.79 Å². The van der Waals surface area contributed by atoms with E-state index in [0.717, 1.165) is 51.9 Å². The quantitative estimate of drug-likeness (QED) is 0.0201. The molecule has 0 aromatic rings. The molecule has 3 rings (SSSR count). The van der Waals surface area contributed by atoms with Crippen molar-refractivity contribution in [1.29, 1.82) is 0 Å². The number of aliphatic hydroxyl groups is 11. The Hall–Kier alpha value is -2.79. The minimum atomic E-state index is -3.08. The first-order valence-corrected chi connectivity index (χ1v) is 37.7. The third-order valence-electron chi connectivity index (χ3n) is 19.1. The molecule has 562 valence electrons. The molecule has 3 fully saturated rings. The van der Waals surface area contributed by atoms with Crippen molar-refractivity contribution < 1.29 is 104 Å². The van der Waals surface area contributed by atoms with Crippen LogP contribution in [0.4, 0.5) is 0 Å². The van der Waals surface area contributed by atoms with Crippen LogP contribution in [0.15, 0.2) is 24.3 Å². The maximum Gasteiger partial charge on any atom is 0.364 e. The molecule has 18 atom stereocenters. The van der Waals surface area contributed by atoms with Crippen molar-refractivity contribution in [3.05, 3.63) is 24.3 Å². The number of carboxylic acid groups (broad SMARTS) is 1. The molecule has 0 aliphatic carbocycles. The van der Waals surface area contributed by atoms with Gasteiger partial charge in [0.05, 0.1) is 50.7 Å². The Morgan fingerprint density at radius 2 is 0.979 bits per heavy atom. The lowest BCUT2D eigenvalue weighted by Gasteiger charge is -2.50. The fourth-order valence-corrected chi connectivity index (χ4v) is 13.1. The fourth-order valence-electron chi connectivity index (χ4n) is 13.1. The third kappa shape index (κ3) is 34.3. The Bertz CT molecular complexity index is 2030. The molecule has 0 saturated carbocycles. The summed E-state index contributed by atoms with van der Waals surface area (Å²) in [5.74, 6) is -6.14. The summed E-state index contributed by atoms with van der Waals surface area (Å²) in [6.45, 7) is 2.15. The number of rotatable bonds is 58. The predicted molar refractivity (Wildman–Crippen MR) is 366 cm³/mol. The van der Waals surface area contributed by atoms with E-state index in [-0.39, 0.29) is 12.3 Å². The highest BCUT2D eigenvalue weighted by molar-refractivity contribution is 5.77. The largest absolute Gasteiger partial charge is 0.477 e. The number of allylic oxidation sites excluding steroid dienone is 3. The molecule has 96 heavy (non-hydrogen) atoms. The lowest BCUT2D eigenvalue weighted by molar-refractivity contribution is -0.386. The first-order chi connectivity index (χ1) is 46.4. The Morgan fingerprint density at radius 3 is 1.42 bits per heavy atom. The molecule has 0 spiro atoms. The highest BCUT2D eigenvalue weighted by Crippen LogP contribution is 2.39. The van der Waals surface area contributed by atoms with Gasteiger partial charge in [-0.05, 0) is 44.9 Å². The number of amides is 2. The van der Waals surface area contributed by atoms with Crippen LogP contribution in [-0.2, 0) is 42.8 Å². The summed E-state index contributed by atoms with van der Waals surface area (Å²) < 4.78 is 34.8. The van der Waals surface area contributed by atoms with E-state index >= 15 is 0 Å². The summed E-state index contributed by atoms with van der Waals surface area (Å²) in [4.78, 5) is 38.6. The van der Waals surface area contributed by atoms with Gasteiger partial charge in [-0.2, -0.15) is 0 Å². The SMILES string of the molecule is CCCCCCCCCCCCCC/C=C\CCCCCCCCCCCCCCC(=O)NC(COC1OC(CO)C(OC2OC(CO)C(O)C(OC3(C(=O)O)CC(O)C(NC(C)=O)C(C(O)C(O)CO)O3)C2O)C(O)C1O)C(O)/C=C/CCCCCCCCCCCCCC. The lowest BCUT2D eigenvalue weighted by Crippen LogP contribution is -2.70. The number of aliphatic carboxylic acids is 1. The minimum absolute atomic E-state index is 0.201. The van der Waals surface area contributed by atoms with Crippen LogP contribution in [-0.4, -0.2) is 215 Å². The summed E-state index contributed by atoms with van der Waals surface area (Å²) in [6.07, 6.45) is 26.6. The van der Waals surface area contributed by atoms with Crippen LogP contribution >= 0.6 is 0 Å². The van der Waals surface area contributed by atoms with Crippen LogP contribution in [0.1, 0.15) is 284 Å². The zero-order valence-corrected chi connectivity index (χ0v) is 59.0. The number of hydrogen-bond acceptors (Lipinski definition) is 20. The van der Waals surface area contributed by atoms with Crippen LogP contribution in [0.2, 0.25) is 0 Å². The maximum absolute atomic E-state index is 13.5. The molecule has 2 amide bonds. The van der Waals surface area contributed by atoms with Gasteiger partial charge < -0.3 is 100 Å². The number of aliphatic hydroxyl groups excluding tert-OH is 11. The van der Waals surface area contributed by atoms with E-state index in [2.05, 4.69) is 36.6 Å². The average Bonchev–Trinajstić information content (AvgIpc) is 0.759. The predicted octanol–water partition coefficient (Wildman–Crippen LogP) is 8.40. The van der Waals surface area contributed by atoms with Gasteiger partial charge in [0.2, 0.25) is 11.8 Å². The Morgan fingerprint density at radius 1 is 0.542 bits per heavy atom. The van der Waals surface area contributed by atoms with E-state index in [1.165, 1.54) is 193 Å². The summed E-state index contributed by atoms with van der Waals surface area (Å²) in [5, 5.41) is 136. The Kier molecular flexibility index (Phi) is 48.3. The summed E-state index contributed by atoms with van der Waals surface area (Å²) in [7, 11) is 0. The van der Waals surface area contributed by atoms with Crippen molar-refractivity contribution in [3.8, 4) is 0 Å².